The summed E-state index contributed by atoms with van der Waals surface area (Å²) in [6.45, 7) is 6.82. The van der Waals surface area contributed by atoms with E-state index in [-0.39, 0.29) is 6.29 Å². The predicted octanol–water partition coefficient (Wildman–Crippen LogP) is 13.5. The second kappa shape index (κ2) is 25.7. The number of rotatable bonds is 26. The minimum absolute atomic E-state index is 0.168. The average molecular weight is 685 g/mol. The molecule has 1 N–H and O–H groups in total. The van der Waals surface area contributed by atoms with E-state index in [1.807, 2.05) is 35.5 Å². The van der Waals surface area contributed by atoms with Crippen molar-refractivity contribution in [3.63, 3.8) is 0 Å². The van der Waals surface area contributed by atoms with Crippen molar-refractivity contribution >= 4 is 62.3 Å². The SMILES string of the molecule is CCCCCCCCCCCCSC1=NC(Nc2cccc3ccccc23)N(SCC)C(SCCCCCCCCCCCC)=N1. The fourth-order valence-electron chi connectivity index (χ4n) is 5.94. The van der Waals surface area contributed by atoms with Crippen LogP contribution in [-0.2, 0) is 0 Å². The normalized spacial score (nSPS) is 14.9. The predicted molar refractivity (Wildman–Crippen MR) is 215 cm³/mol. The van der Waals surface area contributed by atoms with Gasteiger partial charge in [-0.3, -0.25) is 4.31 Å². The van der Waals surface area contributed by atoms with Gasteiger partial charge in [0.1, 0.15) is 0 Å². The lowest BCUT2D eigenvalue weighted by molar-refractivity contribution is 0.545. The zero-order valence-electron chi connectivity index (χ0n) is 29.4. The number of anilines is 1. The van der Waals surface area contributed by atoms with Gasteiger partial charge >= 0.3 is 0 Å². The standard InChI is InChI=1S/C39H64N4S3/c1-4-7-9-11-13-15-17-19-21-25-32-44-38-41-37(40-36-31-27-29-34-28-23-24-30-35(34)36)43(46-6-3)39(42-38)45-33-26-22-20-18-16-14-12-10-8-5-2/h23-24,27-31,37,40H,4-22,25-26,32-33H2,1-3H3. The van der Waals surface area contributed by atoms with Crippen molar-refractivity contribution < 1.29 is 0 Å². The number of hydrogen-bond donors (Lipinski definition) is 1. The fraction of sp³-hybridized carbons (Fsp3) is 0.692. The van der Waals surface area contributed by atoms with Crippen molar-refractivity contribution in [2.24, 2.45) is 9.98 Å². The molecule has 0 saturated heterocycles. The Balaban J connectivity index is 1.53. The van der Waals surface area contributed by atoms with Crippen LogP contribution in [0.3, 0.4) is 0 Å². The van der Waals surface area contributed by atoms with Crippen molar-refractivity contribution in [2.45, 2.75) is 155 Å². The number of thioether (sulfide) groups is 2. The number of amidine groups is 2. The van der Waals surface area contributed by atoms with Gasteiger partial charge in [-0.2, -0.15) is 4.99 Å². The molecule has 0 amide bonds. The largest absolute Gasteiger partial charge is 0.345 e. The van der Waals surface area contributed by atoms with Crippen molar-refractivity contribution in [3.05, 3.63) is 42.5 Å². The number of unbranched alkanes of at least 4 members (excludes halogenated alkanes) is 18. The highest BCUT2D eigenvalue weighted by molar-refractivity contribution is 8.16. The summed E-state index contributed by atoms with van der Waals surface area (Å²) in [6, 6.07) is 15.1. The van der Waals surface area contributed by atoms with Crippen LogP contribution in [0, 0.1) is 0 Å². The summed E-state index contributed by atoms with van der Waals surface area (Å²) in [5.41, 5.74) is 1.13. The van der Waals surface area contributed by atoms with Crippen LogP contribution >= 0.6 is 35.5 Å². The second-order valence-corrected chi connectivity index (χ2v) is 16.0. The van der Waals surface area contributed by atoms with Gasteiger partial charge in [-0.25, -0.2) is 4.99 Å². The fourth-order valence-corrected chi connectivity index (χ4v) is 8.75. The van der Waals surface area contributed by atoms with Crippen molar-refractivity contribution in [1.82, 2.24) is 4.31 Å². The van der Waals surface area contributed by atoms with E-state index in [4.69, 9.17) is 9.98 Å². The lowest BCUT2D eigenvalue weighted by Gasteiger charge is -2.34. The van der Waals surface area contributed by atoms with Gasteiger partial charge < -0.3 is 5.32 Å². The Hall–Kier alpha value is -1.31. The van der Waals surface area contributed by atoms with E-state index >= 15 is 0 Å². The first-order valence-electron chi connectivity index (χ1n) is 18.8. The van der Waals surface area contributed by atoms with Gasteiger partial charge in [-0.05, 0) is 36.2 Å². The molecule has 1 aliphatic heterocycles. The summed E-state index contributed by atoms with van der Waals surface area (Å²) in [6.07, 6.45) is 27.2. The molecular weight excluding hydrogens is 621 g/mol. The molecule has 4 nitrogen and oxygen atoms in total. The Labute approximate surface area is 295 Å². The third-order valence-corrected chi connectivity index (χ3v) is 11.6. The molecule has 0 fully saturated rings. The maximum absolute atomic E-state index is 5.19. The summed E-state index contributed by atoms with van der Waals surface area (Å²) in [5, 5.41) is 8.35. The van der Waals surface area contributed by atoms with E-state index in [0.29, 0.717) is 0 Å². The minimum atomic E-state index is -0.168. The van der Waals surface area contributed by atoms with Gasteiger partial charge in [0, 0.05) is 28.3 Å². The van der Waals surface area contributed by atoms with Gasteiger partial charge in [0.2, 0.25) is 6.29 Å². The number of nitrogens with zero attached hydrogens (tertiary/aromatic N) is 3. The molecule has 2 aromatic carbocycles. The molecule has 1 heterocycles. The molecule has 7 heteroatoms. The van der Waals surface area contributed by atoms with E-state index in [1.165, 1.54) is 139 Å². The first kappa shape index (κ1) is 39.1. The summed E-state index contributed by atoms with van der Waals surface area (Å²) in [4.78, 5) is 10.4. The number of aliphatic imine (C=N–C) groups is 2. The summed E-state index contributed by atoms with van der Waals surface area (Å²) in [7, 11) is 0. The zero-order chi connectivity index (χ0) is 32.5. The molecule has 46 heavy (non-hydrogen) atoms. The monoisotopic (exact) mass is 684 g/mol. The Morgan fingerprint density at radius 1 is 0.609 bits per heavy atom. The van der Waals surface area contributed by atoms with Crippen LogP contribution < -0.4 is 5.32 Å². The molecule has 1 unspecified atom stereocenters. The van der Waals surface area contributed by atoms with Crippen LogP contribution in [0.4, 0.5) is 5.69 Å². The molecule has 2 aromatic rings. The number of fused-ring (bicyclic) bond motifs is 1. The van der Waals surface area contributed by atoms with Crippen LogP contribution in [0.2, 0.25) is 0 Å². The van der Waals surface area contributed by atoms with Gasteiger partial charge in [0.15, 0.2) is 10.3 Å². The highest BCUT2D eigenvalue weighted by Gasteiger charge is 2.28. The number of benzene rings is 2. The van der Waals surface area contributed by atoms with Gasteiger partial charge in [0.25, 0.3) is 0 Å². The zero-order valence-corrected chi connectivity index (χ0v) is 31.9. The molecular formula is C39H64N4S3. The van der Waals surface area contributed by atoms with E-state index in [2.05, 4.69) is 72.9 Å². The highest BCUT2D eigenvalue weighted by Crippen LogP contribution is 2.32. The molecule has 0 radical (unpaired) electrons. The lowest BCUT2D eigenvalue weighted by Crippen LogP contribution is -2.41. The van der Waals surface area contributed by atoms with E-state index in [9.17, 15) is 0 Å². The van der Waals surface area contributed by atoms with Gasteiger partial charge in [0.05, 0.1) is 0 Å². The second-order valence-electron chi connectivity index (χ2n) is 12.7. The molecule has 0 bridgehead atoms. The van der Waals surface area contributed by atoms with Crippen LogP contribution in [0.5, 0.6) is 0 Å². The van der Waals surface area contributed by atoms with E-state index in [0.717, 1.165) is 33.3 Å². The summed E-state index contributed by atoms with van der Waals surface area (Å²) in [5.74, 6) is 3.20. The van der Waals surface area contributed by atoms with Crippen molar-refractivity contribution in [2.75, 3.05) is 22.6 Å². The molecule has 0 aromatic heterocycles. The third-order valence-electron chi connectivity index (χ3n) is 8.64. The molecule has 1 atom stereocenters. The lowest BCUT2D eigenvalue weighted by atomic mass is 10.1. The Bertz CT molecular complexity index is 1120. The minimum Gasteiger partial charge on any atom is -0.345 e. The third kappa shape index (κ3) is 15.7. The molecule has 0 aliphatic carbocycles. The van der Waals surface area contributed by atoms with E-state index in [1.54, 1.807) is 0 Å². The van der Waals surface area contributed by atoms with Crippen LogP contribution in [0.25, 0.3) is 10.8 Å². The Morgan fingerprint density at radius 3 is 1.72 bits per heavy atom. The maximum atomic E-state index is 5.19. The highest BCUT2D eigenvalue weighted by atomic mass is 32.2. The number of hydrogen-bond acceptors (Lipinski definition) is 7. The topological polar surface area (TPSA) is 40.0 Å². The molecule has 3 rings (SSSR count). The number of nitrogens with one attached hydrogen (secondary N) is 1. The average Bonchev–Trinajstić information content (AvgIpc) is 3.07. The summed E-state index contributed by atoms with van der Waals surface area (Å²) >= 11 is 5.60. The quantitative estimate of drug-likeness (QED) is 0.0789. The smallest absolute Gasteiger partial charge is 0.210 e. The van der Waals surface area contributed by atoms with Crippen molar-refractivity contribution in [3.8, 4) is 0 Å². The van der Waals surface area contributed by atoms with Gasteiger partial charge in [-0.15, -0.1) is 0 Å². The molecule has 0 spiro atoms. The maximum Gasteiger partial charge on any atom is 0.210 e. The van der Waals surface area contributed by atoms with Crippen LogP contribution in [-0.4, -0.2) is 38.2 Å². The summed E-state index contributed by atoms with van der Waals surface area (Å²) < 4.78 is 2.33. The Kier molecular flexibility index (Phi) is 21.8. The first-order chi connectivity index (χ1) is 22.8. The first-order valence-corrected chi connectivity index (χ1v) is 21.8. The molecule has 0 saturated carbocycles. The van der Waals surface area contributed by atoms with E-state index < -0.39 is 0 Å². The Morgan fingerprint density at radius 2 is 1.13 bits per heavy atom. The molecule has 258 valence electrons. The van der Waals surface area contributed by atoms with Crippen molar-refractivity contribution in [1.29, 1.82) is 0 Å². The van der Waals surface area contributed by atoms with Crippen LogP contribution in [0.15, 0.2) is 52.4 Å². The molecule has 1 aliphatic rings. The van der Waals surface area contributed by atoms with Gasteiger partial charge in [-0.1, -0.05) is 196 Å². The van der Waals surface area contributed by atoms with Crippen LogP contribution in [0.1, 0.15) is 149 Å².